The Bertz CT molecular complexity index is 1460. The summed E-state index contributed by atoms with van der Waals surface area (Å²) in [7, 11) is 13.4. The predicted octanol–water partition coefficient (Wildman–Crippen LogP) is 10.7. The molecule has 240 valence electrons. The van der Waals surface area contributed by atoms with Crippen molar-refractivity contribution in [2.45, 2.75) is 66.7 Å². The predicted molar refractivity (Wildman–Crippen MR) is 197 cm³/mol. The number of hydrogen-bond acceptors (Lipinski definition) is 2. The molecule has 0 unspecified atom stereocenters. The normalized spacial score (nSPS) is 13.2. The van der Waals surface area contributed by atoms with Crippen LogP contribution in [-0.2, 0) is 21.5 Å². The molecular weight excluding hydrogens is 678 g/mol. The number of hydrogen-bond donors (Lipinski definition) is 1. The van der Waals surface area contributed by atoms with Gasteiger partial charge in [-0.05, 0) is 73.1 Å². The molecule has 45 heavy (non-hydrogen) atoms. The van der Waals surface area contributed by atoms with E-state index in [1.807, 2.05) is 6.61 Å². The summed E-state index contributed by atoms with van der Waals surface area (Å²) in [5, 5.41) is 6.71. The maximum absolute atomic E-state index is 5.30. The van der Waals surface area contributed by atoms with E-state index >= 15 is 0 Å². The Morgan fingerprint density at radius 1 is 0.756 bits per heavy atom. The number of aliphatic imine (C=N–C) groups is 1. The Morgan fingerprint density at radius 2 is 1.24 bits per heavy atom. The van der Waals surface area contributed by atoms with Crippen molar-refractivity contribution in [1.29, 1.82) is 0 Å². The van der Waals surface area contributed by atoms with E-state index in [2.05, 4.69) is 145 Å². The fourth-order valence-electron chi connectivity index (χ4n) is 4.91. The Labute approximate surface area is 289 Å². The van der Waals surface area contributed by atoms with Crippen LogP contribution in [0.2, 0.25) is 0 Å². The van der Waals surface area contributed by atoms with Crippen LogP contribution in [0, 0.1) is 34.3 Å². The monoisotopic (exact) mass is 721 g/mol. The Kier molecular flexibility index (Phi) is 15.4. The molecule has 1 aliphatic rings. The Morgan fingerprint density at radius 3 is 1.64 bits per heavy atom. The van der Waals surface area contributed by atoms with E-state index in [0.717, 1.165) is 30.1 Å². The van der Waals surface area contributed by atoms with E-state index in [-0.39, 0.29) is 5.41 Å². The first kappa shape index (κ1) is 37.6. The van der Waals surface area contributed by atoms with Gasteiger partial charge in [-0.1, -0.05) is 106 Å². The van der Waals surface area contributed by atoms with Crippen molar-refractivity contribution in [2.24, 2.45) is 4.99 Å². The number of aryl methyl sites for hydroxylation is 4. The van der Waals surface area contributed by atoms with Gasteiger partial charge in [0.05, 0.1) is 5.69 Å². The minimum absolute atomic E-state index is 0.104. The van der Waals surface area contributed by atoms with E-state index in [1.54, 1.807) is 0 Å². The van der Waals surface area contributed by atoms with E-state index in [4.69, 9.17) is 39.9 Å². The minimum atomic E-state index is -1.62. The average molecular weight is 723 g/mol. The second kappa shape index (κ2) is 18.5. The van der Waals surface area contributed by atoms with Gasteiger partial charge in [-0.2, -0.15) is 6.42 Å². The second-order valence-electron chi connectivity index (χ2n) is 12.0. The van der Waals surface area contributed by atoms with Crippen LogP contribution in [-0.4, -0.2) is 12.4 Å². The number of rotatable bonds is 5. The molecule has 4 aromatic carbocycles. The van der Waals surface area contributed by atoms with Crippen molar-refractivity contribution in [3.8, 4) is 0 Å². The third kappa shape index (κ3) is 12.0. The molecule has 1 saturated heterocycles. The number of ether oxygens (including phenoxy) is 1. The van der Waals surface area contributed by atoms with Gasteiger partial charge in [0.1, 0.15) is 10.6 Å². The molecule has 4 aromatic rings. The molecule has 0 atom stereocenters. The first-order valence-corrected chi connectivity index (χ1v) is 21.8. The standard InChI is InChI=1S/C33H37N2P.C4H7O.3ClH.Cr/c1-23-13-8-10-17-29(23)36(30-18-11-9-14-24(30)2)35-32(34-31-25(3)15-12-16-26(31)4)27-19-21-28(22-20-27)33(5,6)7;1-2-4-5-3-1;;;;/h8-22H,1-7H3,(H,34,35);3H,1-2,4H2;3*1H;/q;-1;;;;+4/p-2. The van der Waals surface area contributed by atoms with Gasteiger partial charge in [-0.3, -0.25) is 0 Å². The fourth-order valence-corrected chi connectivity index (χ4v) is 7.39. The molecule has 0 aliphatic carbocycles. The molecule has 0 saturated carbocycles. The zero-order valence-electron chi connectivity index (χ0n) is 27.3. The summed E-state index contributed by atoms with van der Waals surface area (Å²) >= 11 is -1.62. The SMILES string of the molecule is Cc1ccccc1[PH+](NC(=Nc1c(C)cccc1C)c1ccc(C(C)(C)C)cc1)c1ccccc1C.[CH-]1CCCO1.[Cl][Cr+]([Cl])[Cl]. The average Bonchev–Trinajstić information content (AvgIpc) is 3.58. The molecule has 0 amide bonds. The van der Waals surface area contributed by atoms with Gasteiger partial charge in [0.15, 0.2) is 13.9 Å². The third-order valence-electron chi connectivity index (χ3n) is 7.46. The first-order valence-electron chi connectivity index (χ1n) is 15.1. The van der Waals surface area contributed by atoms with Crippen LogP contribution < -0.4 is 15.7 Å². The number of para-hydroxylation sites is 1. The molecule has 0 aromatic heterocycles. The maximum atomic E-state index is 5.30. The second-order valence-corrected chi connectivity index (χ2v) is 20.4. The summed E-state index contributed by atoms with van der Waals surface area (Å²) in [6, 6.07) is 32.8. The summed E-state index contributed by atoms with van der Waals surface area (Å²) in [6.07, 6.45) is 2.38. The number of nitrogens with zero attached hydrogens (tertiary/aromatic N) is 1. The molecule has 1 N–H and O–H groups in total. The van der Waals surface area contributed by atoms with E-state index in [9.17, 15) is 0 Å². The molecule has 1 heterocycles. The Balaban J connectivity index is 0.000000532. The number of benzene rings is 4. The van der Waals surface area contributed by atoms with Gasteiger partial charge in [-0.15, -0.1) is 0 Å². The molecule has 8 heteroatoms. The summed E-state index contributed by atoms with van der Waals surface area (Å²) in [4.78, 5) is 5.30. The zero-order chi connectivity index (χ0) is 33.0. The molecule has 0 bridgehead atoms. The molecule has 0 radical (unpaired) electrons. The van der Waals surface area contributed by atoms with Crippen molar-refractivity contribution in [2.75, 3.05) is 6.61 Å². The number of nitrogens with one attached hydrogen (secondary N) is 1. The van der Waals surface area contributed by atoms with Crippen LogP contribution in [0.3, 0.4) is 0 Å². The van der Waals surface area contributed by atoms with Crippen LogP contribution in [0.1, 0.15) is 67.0 Å². The Hall–Kier alpha value is -1.86. The summed E-state index contributed by atoms with van der Waals surface area (Å²) in [5.74, 6) is 0.924. The van der Waals surface area contributed by atoms with Gasteiger partial charge in [-0.25, -0.2) is 16.7 Å². The van der Waals surface area contributed by atoms with Gasteiger partial charge in [0.25, 0.3) is 0 Å². The molecule has 1 aliphatic heterocycles. The van der Waals surface area contributed by atoms with Gasteiger partial charge in [0, 0.05) is 12.2 Å². The van der Waals surface area contributed by atoms with Crippen molar-refractivity contribution in [1.82, 2.24) is 5.09 Å². The van der Waals surface area contributed by atoms with Crippen molar-refractivity contribution < 1.29 is 16.1 Å². The van der Waals surface area contributed by atoms with Crippen LogP contribution in [0.5, 0.6) is 0 Å². The van der Waals surface area contributed by atoms with Gasteiger partial charge >= 0.3 is 41.5 Å². The van der Waals surface area contributed by atoms with E-state index in [1.165, 1.54) is 44.8 Å². The molecule has 0 spiro atoms. The van der Waals surface area contributed by atoms with Gasteiger partial charge in [0.2, 0.25) is 0 Å². The molecule has 1 fully saturated rings. The van der Waals surface area contributed by atoms with Gasteiger partial charge < -0.3 is 4.74 Å². The topological polar surface area (TPSA) is 33.6 Å². The van der Waals surface area contributed by atoms with Crippen molar-refractivity contribution >= 4 is 60.4 Å². The molecule has 3 nitrogen and oxygen atoms in total. The van der Waals surface area contributed by atoms with Crippen molar-refractivity contribution in [3.05, 3.63) is 131 Å². The van der Waals surface area contributed by atoms with E-state index < -0.39 is 19.5 Å². The van der Waals surface area contributed by atoms with Crippen LogP contribution in [0.25, 0.3) is 0 Å². The van der Waals surface area contributed by atoms with E-state index in [0.29, 0.717) is 0 Å². The zero-order valence-corrected chi connectivity index (χ0v) is 31.8. The molecular formula is C37H45Cl3CrN2OP+. The molecule has 5 rings (SSSR count). The fraction of sp³-hybridized carbons (Fsp3) is 0.297. The summed E-state index contributed by atoms with van der Waals surface area (Å²) < 4.78 is 4.82. The van der Waals surface area contributed by atoms with Crippen LogP contribution in [0.4, 0.5) is 5.69 Å². The summed E-state index contributed by atoms with van der Waals surface area (Å²) in [6.45, 7) is 18.3. The van der Waals surface area contributed by atoms with Crippen LogP contribution >= 0.6 is 38.2 Å². The summed E-state index contributed by atoms with van der Waals surface area (Å²) in [5.41, 5.74) is 8.54. The van der Waals surface area contributed by atoms with Crippen molar-refractivity contribution in [3.63, 3.8) is 0 Å². The van der Waals surface area contributed by atoms with Crippen LogP contribution in [0.15, 0.2) is 96.0 Å². The number of halogens is 3. The number of amidine groups is 1. The third-order valence-corrected chi connectivity index (χ3v) is 10.1. The quantitative estimate of drug-likeness (QED) is 0.0963. The first-order chi connectivity index (χ1) is 21.4.